The zero-order valence-corrected chi connectivity index (χ0v) is 22.3. The van der Waals surface area contributed by atoms with Crippen LogP contribution in [-0.4, -0.2) is 20.4 Å². The Kier molecular flexibility index (Phi) is 5.82. The van der Waals surface area contributed by atoms with Gasteiger partial charge in [0.25, 0.3) is 5.56 Å². The molecule has 3 aromatic carbocycles. The summed E-state index contributed by atoms with van der Waals surface area (Å²) in [4.78, 5) is 18.3. The molecule has 3 heterocycles. The topological polar surface area (TPSA) is 65.3 Å². The van der Waals surface area contributed by atoms with E-state index >= 15 is 0 Å². The molecular formula is C29H20BrClN4O2. The molecular weight excluding hydrogens is 552 g/mol. The highest BCUT2D eigenvalue weighted by Gasteiger charge is 2.17. The predicted molar refractivity (Wildman–Crippen MR) is 152 cm³/mol. The van der Waals surface area contributed by atoms with Gasteiger partial charge >= 0.3 is 0 Å². The molecule has 0 aliphatic heterocycles. The summed E-state index contributed by atoms with van der Waals surface area (Å²) in [6.07, 6.45) is 1.69. The van der Waals surface area contributed by atoms with Gasteiger partial charge in [-0.25, -0.2) is 4.98 Å². The van der Waals surface area contributed by atoms with Gasteiger partial charge in [-0.2, -0.15) is 9.78 Å². The van der Waals surface area contributed by atoms with Gasteiger partial charge in [0.15, 0.2) is 5.76 Å². The molecule has 37 heavy (non-hydrogen) atoms. The van der Waals surface area contributed by atoms with Crippen LogP contribution in [0.25, 0.3) is 39.1 Å². The molecule has 0 saturated carbocycles. The van der Waals surface area contributed by atoms with Crippen molar-refractivity contribution in [2.45, 2.75) is 13.8 Å². The highest BCUT2D eigenvalue weighted by atomic mass is 79.9. The van der Waals surface area contributed by atoms with Crippen LogP contribution in [0.1, 0.15) is 17.0 Å². The quantitative estimate of drug-likeness (QED) is 0.206. The molecule has 0 atom stereocenters. The lowest BCUT2D eigenvalue weighted by Crippen LogP contribution is -2.20. The number of benzene rings is 3. The molecule has 0 spiro atoms. The maximum absolute atomic E-state index is 13.6. The maximum Gasteiger partial charge on any atom is 0.282 e. The van der Waals surface area contributed by atoms with Crippen molar-refractivity contribution in [3.63, 3.8) is 0 Å². The van der Waals surface area contributed by atoms with E-state index in [0.717, 1.165) is 32.5 Å². The second-order valence-electron chi connectivity index (χ2n) is 8.75. The molecule has 6 rings (SSSR count). The van der Waals surface area contributed by atoms with E-state index in [9.17, 15) is 4.79 Å². The standard InChI is InChI=1S/C29H20BrClN4O2/c1-17-12-20(18(2)34(17)23-7-5-6-21(30)15-23)16-32-35-28(33-25-9-4-3-8-24(25)29(35)36)27-14-19-13-22(31)10-11-26(19)37-27/h3-16H,1-2H3. The Morgan fingerprint density at radius 1 is 1.00 bits per heavy atom. The average Bonchev–Trinajstić information content (AvgIpc) is 3.42. The van der Waals surface area contributed by atoms with Gasteiger partial charge in [-0.05, 0) is 74.5 Å². The minimum absolute atomic E-state index is 0.281. The second kappa shape index (κ2) is 9.18. The Labute approximate surface area is 225 Å². The highest BCUT2D eigenvalue weighted by Crippen LogP contribution is 2.29. The average molecular weight is 572 g/mol. The smallest absolute Gasteiger partial charge is 0.282 e. The van der Waals surface area contributed by atoms with Crippen molar-refractivity contribution >= 4 is 55.6 Å². The van der Waals surface area contributed by atoms with Crippen LogP contribution in [0.4, 0.5) is 0 Å². The third kappa shape index (κ3) is 4.20. The van der Waals surface area contributed by atoms with Crippen LogP contribution in [0.3, 0.4) is 0 Å². The number of aromatic nitrogens is 3. The van der Waals surface area contributed by atoms with Crippen molar-refractivity contribution in [3.8, 4) is 17.3 Å². The lowest BCUT2D eigenvalue weighted by molar-refractivity contribution is 0.616. The number of rotatable bonds is 4. The van der Waals surface area contributed by atoms with Gasteiger partial charge in [0.1, 0.15) is 5.58 Å². The predicted octanol–water partition coefficient (Wildman–Crippen LogP) is 7.52. The summed E-state index contributed by atoms with van der Waals surface area (Å²) in [5.74, 6) is 0.741. The molecule has 0 aliphatic rings. The zero-order valence-electron chi connectivity index (χ0n) is 19.9. The molecule has 182 valence electrons. The Balaban J connectivity index is 1.52. The van der Waals surface area contributed by atoms with E-state index in [1.807, 2.05) is 56.3 Å². The zero-order chi connectivity index (χ0) is 25.7. The van der Waals surface area contributed by atoms with Crippen molar-refractivity contribution in [2.24, 2.45) is 5.10 Å². The van der Waals surface area contributed by atoms with Gasteiger partial charge in [0.05, 0.1) is 17.1 Å². The summed E-state index contributed by atoms with van der Waals surface area (Å²) in [7, 11) is 0. The summed E-state index contributed by atoms with van der Waals surface area (Å²) in [6.45, 7) is 4.07. The highest BCUT2D eigenvalue weighted by molar-refractivity contribution is 9.10. The molecule has 0 fully saturated rings. The first-order chi connectivity index (χ1) is 17.9. The van der Waals surface area contributed by atoms with Crippen LogP contribution in [-0.2, 0) is 0 Å². The summed E-state index contributed by atoms with van der Waals surface area (Å²) in [5.41, 5.74) is 4.91. The SMILES string of the molecule is Cc1cc(C=Nn2c(-c3cc4cc(Cl)ccc4o3)nc3ccccc3c2=O)c(C)n1-c1cccc(Br)c1. The van der Waals surface area contributed by atoms with Crippen molar-refractivity contribution < 1.29 is 4.42 Å². The van der Waals surface area contributed by atoms with Gasteiger partial charge in [0.2, 0.25) is 5.82 Å². The Morgan fingerprint density at radius 2 is 1.84 bits per heavy atom. The van der Waals surface area contributed by atoms with Crippen LogP contribution in [0.2, 0.25) is 5.02 Å². The molecule has 0 bridgehead atoms. The molecule has 0 saturated heterocycles. The molecule has 8 heteroatoms. The molecule has 0 amide bonds. The summed E-state index contributed by atoms with van der Waals surface area (Å²) in [6, 6.07) is 24.6. The fourth-order valence-corrected chi connectivity index (χ4v) is 5.13. The minimum atomic E-state index is -0.281. The van der Waals surface area contributed by atoms with E-state index in [2.05, 4.69) is 37.7 Å². The third-order valence-corrected chi connectivity index (χ3v) is 7.03. The normalized spacial score (nSPS) is 11.8. The Bertz CT molecular complexity index is 1920. The molecule has 6 nitrogen and oxygen atoms in total. The monoisotopic (exact) mass is 570 g/mol. The van der Waals surface area contributed by atoms with Crippen LogP contribution in [0.5, 0.6) is 0 Å². The largest absolute Gasteiger partial charge is 0.453 e. The van der Waals surface area contributed by atoms with Gasteiger partial charge in [-0.3, -0.25) is 4.79 Å². The number of para-hydroxylation sites is 1. The number of furan rings is 1. The first-order valence-corrected chi connectivity index (χ1v) is 12.8. The van der Waals surface area contributed by atoms with Crippen molar-refractivity contribution in [1.82, 2.24) is 14.2 Å². The molecule has 0 N–H and O–H groups in total. The van der Waals surface area contributed by atoms with Gasteiger partial charge in [-0.15, -0.1) is 0 Å². The van der Waals surface area contributed by atoms with E-state index in [0.29, 0.717) is 33.1 Å². The second-order valence-corrected chi connectivity index (χ2v) is 10.1. The number of hydrogen-bond acceptors (Lipinski definition) is 4. The first-order valence-electron chi connectivity index (χ1n) is 11.6. The molecule has 0 unspecified atom stereocenters. The van der Waals surface area contributed by atoms with E-state index in [-0.39, 0.29) is 5.56 Å². The maximum atomic E-state index is 13.6. The number of fused-ring (bicyclic) bond motifs is 2. The van der Waals surface area contributed by atoms with Crippen molar-refractivity contribution in [1.29, 1.82) is 0 Å². The van der Waals surface area contributed by atoms with E-state index in [1.165, 1.54) is 4.68 Å². The van der Waals surface area contributed by atoms with Crippen LogP contribution >= 0.6 is 27.5 Å². The first kappa shape index (κ1) is 23.5. The molecule has 3 aromatic heterocycles. The minimum Gasteiger partial charge on any atom is -0.453 e. The lowest BCUT2D eigenvalue weighted by Gasteiger charge is -2.10. The third-order valence-electron chi connectivity index (χ3n) is 6.30. The van der Waals surface area contributed by atoms with E-state index in [4.69, 9.17) is 21.0 Å². The van der Waals surface area contributed by atoms with E-state index in [1.54, 1.807) is 30.5 Å². The van der Waals surface area contributed by atoms with Crippen LogP contribution in [0, 0.1) is 13.8 Å². The van der Waals surface area contributed by atoms with Gasteiger partial charge in [-0.1, -0.05) is 45.7 Å². The number of aryl methyl sites for hydroxylation is 1. The fraction of sp³-hybridized carbons (Fsp3) is 0.0690. The fourth-order valence-electron chi connectivity index (χ4n) is 4.57. The van der Waals surface area contributed by atoms with Crippen LogP contribution < -0.4 is 5.56 Å². The number of halogens is 2. The summed E-state index contributed by atoms with van der Waals surface area (Å²) in [5, 5.41) is 6.52. The van der Waals surface area contributed by atoms with Gasteiger partial charge < -0.3 is 8.98 Å². The van der Waals surface area contributed by atoms with Crippen molar-refractivity contribution in [2.75, 3.05) is 0 Å². The van der Waals surface area contributed by atoms with E-state index < -0.39 is 0 Å². The van der Waals surface area contributed by atoms with Gasteiger partial charge in [0, 0.05) is 37.5 Å². The molecule has 6 aromatic rings. The Morgan fingerprint density at radius 3 is 2.68 bits per heavy atom. The number of hydrogen-bond donors (Lipinski definition) is 0. The summed E-state index contributed by atoms with van der Waals surface area (Å²) < 4.78 is 10.5. The Hall–Kier alpha value is -3.94. The molecule has 0 aliphatic carbocycles. The molecule has 0 radical (unpaired) electrons. The lowest BCUT2D eigenvalue weighted by atomic mass is 10.2. The van der Waals surface area contributed by atoms with Crippen molar-refractivity contribution in [3.05, 3.63) is 116 Å². The number of nitrogens with zero attached hydrogens (tertiary/aromatic N) is 4. The summed E-state index contributed by atoms with van der Waals surface area (Å²) >= 11 is 9.72. The van der Waals surface area contributed by atoms with Crippen LogP contribution in [0.15, 0.2) is 97.6 Å².